The number of carbonyl (C=O) groups is 2. The SMILES string of the molecule is CCCNC(=S)c1ccc2c(c1)N(C(C)CN1CC=CC1)c1ccccc1S2.O=C(O)C=CC(=O)O. The third-order valence-corrected chi connectivity index (χ3v) is 7.10. The molecule has 1 unspecified atom stereocenters. The number of anilines is 2. The minimum Gasteiger partial charge on any atom is -0.478 e. The van der Waals surface area contributed by atoms with E-state index in [0.717, 1.165) is 43.2 Å². The first-order valence-corrected chi connectivity index (χ1v) is 13.0. The molecular weight excluding hydrogens is 494 g/mol. The molecular formula is C27H31N3O4S2. The maximum atomic E-state index is 9.55. The molecule has 0 bridgehead atoms. The summed E-state index contributed by atoms with van der Waals surface area (Å²) >= 11 is 7.49. The highest BCUT2D eigenvalue weighted by Crippen LogP contribution is 2.49. The first kappa shape index (κ1) is 27.4. The van der Waals surface area contributed by atoms with Crippen molar-refractivity contribution in [2.75, 3.05) is 31.1 Å². The van der Waals surface area contributed by atoms with Gasteiger partial charge in [-0.3, -0.25) is 4.90 Å². The van der Waals surface area contributed by atoms with Crippen LogP contribution in [0, 0.1) is 0 Å². The fourth-order valence-electron chi connectivity index (χ4n) is 4.01. The second-order valence-corrected chi connectivity index (χ2v) is 9.92. The van der Waals surface area contributed by atoms with Crippen molar-refractivity contribution in [3.05, 3.63) is 72.3 Å². The Kier molecular flexibility index (Phi) is 10.1. The third-order valence-electron chi connectivity index (χ3n) is 5.59. The van der Waals surface area contributed by atoms with Crippen LogP contribution in [0.3, 0.4) is 0 Å². The van der Waals surface area contributed by atoms with E-state index in [4.69, 9.17) is 22.4 Å². The molecule has 36 heavy (non-hydrogen) atoms. The van der Waals surface area contributed by atoms with Gasteiger partial charge in [0.15, 0.2) is 0 Å². The van der Waals surface area contributed by atoms with Gasteiger partial charge >= 0.3 is 11.9 Å². The third kappa shape index (κ3) is 7.43. The number of aliphatic carboxylic acids is 2. The molecule has 4 rings (SSSR count). The van der Waals surface area contributed by atoms with E-state index in [1.807, 2.05) is 11.8 Å². The number of nitrogens with zero attached hydrogens (tertiary/aromatic N) is 2. The van der Waals surface area contributed by atoms with E-state index < -0.39 is 11.9 Å². The molecule has 190 valence electrons. The molecule has 0 aliphatic carbocycles. The summed E-state index contributed by atoms with van der Waals surface area (Å²) in [6, 6.07) is 15.7. The average Bonchev–Trinajstić information content (AvgIpc) is 3.37. The van der Waals surface area contributed by atoms with Crippen molar-refractivity contribution in [1.29, 1.82) is 0 Å². The molecule has 0 radical (unpaired) electrons. The molecule has 2 aromatic rings. The Morgan fingerprint density at radius 2 is 1.69 bits per heavy atom. The Morgan fingerprint density at radius 3 is 2.33 bits per heavy atom. The largest absolute Gasteiger partial charge is 0.478 e. The Labute approximate surface area is 221 Å². The molecule has 2 aliphatic rings. The van der Waals surface area contributed by atoms with Crippen molar-refractivity contribution in [3.63, 3.8) is 0 Å². The molecule has 2 aliphatic heterocycles. The summed E-state index contributed by atoms with van der Waals surface area (Å²) < 4.78 is 0. The summed E-state index contributed by atoms with van der Waals surface area (Å²) in [4.78, 5) is 27.6. The molecule has 2 heterocycles. The molecule has 3 N–H and O–H groups in total. The van der Waals surface area contributed by atoms with Crippen molar-refractivity contribution in [1.82, 2.24) is 10.2 Å². The van der Waals surface area contributed by atoms with Crippen LogP contribution in [-0.2, 0) is 9.59 Å². The fourth-order valence-corrected chi connectivity index (χ4v) is 5.29. The Bertz CT molecular complexity index is 1140. The lowest BCUT2D eigenvalue weighted by Gasteiger charge is -2.39. The van der Waals surface area contributed by atoms with Crippen LogP contribution in [0.2, 0.25) is 0 Å². The number of benzene rings is 2. The second-order valence-electron chi connectivity index (χ2n) is 8.43. The number of carboxylic acid groups (broad SMARTS) is 2. The highest BCUT2D eigenvalue weighted by Gasteiger charge is 2.28. The van der Waals surface area contributed by atoms with E-state index in [-0.39, 0.29) is 0 Å². The average molecular weight is 526 g/mol. The molecule has 0 spiro atoms. The van der Waals surface area contributed by atoms with Crippen molar-refractivity contribution >= 4 is 52.3 Å². The van der Waals surface area contributed by atoms with Gasteiger partial charge in [0, 0.05) is 59.7 Å². The zero-order chi connectivity index (χ0) is 26.1. The van der Waals surface area contributed by atoms with E-state index in [2.05, 4.69) is 83.6 Å². The summed E-state index contributed by atoms with van der Waals surface area (Å²) in [5, 5.41) is 19.0. The Hall–Kier alpha value is -3.14. The zero-order valence-electron chi connectivity index (χ0n) is 20.4. The van der Waals surface area contributed by atoms with E-state index in [9.17, 15) is 9.59 Å². The molecule has 0 saturated carbocycles. The summed E-state index contributed by atoms with van der Waals surface area (Å²) in [6.07, 6.45) is 6.71. The topological polar surface area (TPSA) is 93.1 Å². The van der Waals surface area contributed by atoms with Crippen molar-refractivity contribution in [2.24, 2.45) is 0 Å². The molecule has 1 atom stereocenters. The Morgan fingerprint density at radius 1 is 1.06 bits per heavy atom. The predicted molar refractivity (Wildman–Crippen MR) is 149 cm³/mol. The van der Waals surface area contributed by atoms with Gasteiger partial charge in [-0.2, -0.15) is 0 Å². The van der Waals surface area contributed by atoms with Crippen LogP contribution < -0.4 is 10.2 Å². The molecule has 2 aromatic carbocycles. The quantitative estimate of drug-likeness (QED) is 0.252. The van der Waals surface area contributed by atoms with Gasteiger partial charge in [-0.1, -0.05) is 61.3 Å². The van der Waals surface area contributed by atoms with Gasteiger partial charge in [0.1, 0.15) is 4.99 Å². The predicted octanol–water partition coefficient (Wildman–Crippen LogP) is 4.94. The van der Waals surface area contributed by atoms with Crippen LogP contribution in [0.5, 0.6) is 0 Å². The molecule has 0 saturated heterocycles. The standard InChI is InChI=1S/C23H27N3S2.C4H4O4/c1-3-12-24-23(27)18-10-11-22-20(15-18)26(17(2)16-25-13-6-7-14-25)19-8-4-5-9-21(19)28-22;5-3(6)1-2-4(7)8/h4-11,15,17H,3,12-14,16H2,1-2H3,(H,24,27);1-2H,(H,5,6)(H,7,8). The first-order chi connectivity index (χ1) is 17.3. The van der Waals surface area contributed by atoms with Crippen LogP contribution in [0.25, 0.3) is 0 Å². The first-order valence-electron chi connectivity index (χ1n) is 11.8. The molecule has 0 amide bonds. The van der Waals surface area contributed by atoms with Crippen LogP contribution in [-0.4, -0.2) is 64.3 Å². The van der Waals surface area contributed by atoms with Crippen LogP contribution in [0.15, 0.2) is 76.6 Å². The van der Waals surface area contributed by atoms with Gasteiger partial charge < -0.3 is 20.4 Å². The van der Waals surface area contributed by atoms with Gasteiger partial charge in [-0.05, 0) is 37.6 Å². The van der Waals surface area contributed by atoms with Crippen LogP contribution >= 0.6 is 24.0 Å². The lowest BCUT2D eigenvalue weighted by Crippen LogP contribution is -2.40. The fraction of sp³-hybridized carbons (Fsp3) is 0.296. The van der Waals surface area contributed by atoms with Gasteiger partial charge in [0.05, 0.1) is 11.4 Å². The van der Waals surface area contributed by atoms with Crippen molar-refractivity contribution in [3.8, 4) is 0 Å². The maximum Gasteiger partial charge on any atom is 0.328 e. The minimum atomic E-state index is -1.26. The monoisotopic (exact) mass is 525 g/mol. The number of fused-ring (bicyclic) bond motifs is 2. The van der Waals surface area contributed by atoms with E-state index >= 15 is 0 Å². The van der Waals surface area contributed by atoms with E-state index in [0.29, 0.717) is 18.2 Å². The normalized spacial score (nSPS) is 15.0. The van der Waals surface area contributed by atoms with Crippen molar-refractivity contribution in [2.45, 2.75) is 36.1 Å². The summed E-state index contributed by atoms with van der Waals surface area (Å²) in [7, 11) is 0. The number of hydrogen-bond donors (Lipinski definition) is 3. The summed E-state index contributed by atoms with van der Waals surface area (Å²) in [6.45, 7) is 8.53. The lowest BCUT2D eigenvalue weighted by atomic mass is 10.1. The van der Waals surface area contributed by atoms with Crippen LogP contribution in [0.1, 0.15) is 25.8 Å². The molecule has 7 nitrogen and oxygen atoms in total. The number of carboxylic acids is 2. The van der Waals surface area contributed by atoms with Gasteiger partial charge in [0.25, 0.3) is 0 Å². The molecule has 0 aromatic heterocycles. The van der Waals surface area contributed by atoms with E-state index in [1.165, 1.54) is 21.2 Å². The summed E-state index contributed by atoms with van der Waals surface area (Å²) in [5.41, 5.74) is 3.66. The molecule has 9 heteroatoms. The smallest absolute Gasteiger partial charge is 0.328 e. The maximum absolute atomic E-state index is 9.55. The number of rotatable bonds is 8. The second kappa shape index (κ2) is 13.2. The minimum absolute atomic E-state index is 0.369. The summed E-state index contributed by atoms with van der Waals surface area (Å²) in [5.74, 6) is -2.51. The highest BCUT2D eigenvalue weighted by molar-refractivity contribution is 7.99. The van der Waals surface area contributed by atoms with Gasteiger partial charge in [0.2, 0.25) is 0 Å². The number of hydrogen-bond acceptors (Lipinski definition) is 6. The van der Waals surface area contributed by atoms with Crippen LogP contribution in [0.4, 0.5) is 11.4 Å². The zero-order valence-corrected chi connectivity index (χ0v) is 22.0. The number of thiocarbonyl (C=S) groups is 1. The Balaban J connectivity index is 0.000000392. The van der Waals surface area contributed by atoms with Gasteiger partial charge in [-0.15, -0.1) is 0 Å². The highest BCUT2D eigenvalue weighted by atomic mass is 32.2. The molecule has 0 fully saturated rings. The van der Waals surface area contributed by atoms with Crippen molar-refractivity contribution < 1.29 is 19.8 Å². The lowest BCUT2D eigenvalue weighted by molar-refractivity contribution is -0.134. The number of nitrogens with one attached hydrogen (secondary N) is 1. The van der Waals surface area contributed by atoms with Gasteiger partial charge in [-0.25, -0.2) is 9.59 Å². The number of para-hydroxylation sites is 1. The van der Waals surface area contributed by atoms with E-state index in [1.54, 1.807) is 0 Å².